The molecule has 156 valence electrons. The smallest absolute Gasteiger partial charge is 0.191 e. The second-order valence-corrected chi connectivity index (χ2v) is 6.94. The van der Waals surface area contributed by atoms with E-state index in [0.29, 0.717) is 5.92 Å². The van der Waals surface area contributed by atoms with Crippen LogP contribution in [0.1, 0.15) is 45.7 Å². The molecule has 0 spiro atoms. The molecule has 0 aliphatic carbocycles. The van der Waals surface area contributed by atoms with Crippen LogP contribution in [0.15, 0.2) is 47.7 Å². The van der Waals surface area contributed by atoms with Crippen molar-refractivity contribution in [2.24, 2.45) is 10.9 Å². The molecule has 0 saturated heterocycles. The number of benzene rings is 1. The van der Waals surface area contributed by atoms with Crippen molar-refractivity contribution in [3.63, 3.8) is 0 Å². The van der Waals surface area contributed by atoms with E-state index in [1.165, 1.54) is 5.56 Å². The molecule has 0 aliphatic rings. The van der Waals surface area contributed by atoms with Gasteiger partial charge in [0, 0.05) is 32.6 Å². The topological polar surface area (TPSA) is 63.5 Å². The molecule has 2 N–H and O–H groups in total. The molecule has 7 heteroatoms. The van der Waals surface area contributed by atoms with Gasteiger partial charge in [0.05, 0.1) is 17.8 Å². The molecule has 2 atom stereocenters. The van der Waals surface area contributed by atoms with Crippen LogP contribution in [0.5, 0.6) is 0 Å². The first kappa shape index (κ1) is 24.4. The number of ether oxygens (including phenoxy) is 1. The largest absolute Gasteiger partial charge is 0.378 e. The second-order valence-electron chi connectivity index (χ2n) is 6.94. The molecule has 2 aromatic rings. The third-order valence-corrected chi connectivity index (χ3v) is 4.56. The normalized spacial score (nSPS) is 13.7. The summed E-state index contributed by atoms with van der Waals surface area (Å²) in [5, 5.41) is 11.2. The van der Waals surface area contributed by atoms with Gasteiger partial charge in [-0.1, -0.05) is 26.0 Å². The molecule has 6 nitrogen and oxygen atoms in total. The van der Waals surface area contributed by atoms with E-state index in [1.54, 1.807) is 13.2 Å². The number of hydrogen-bond donors (Lipinski definition) is 2. The Morgan fingerprint density at radius 2 is 2.04 bits per heavy atom. The van der Waals surface area contributed by atoms with Gasteiger partial charge in [0.2, 0.25) is 0 Å². The second kappa shape index (κ2) is 12.8. The van der Waals surface area contributed by atoms with Gasteiger partial charge in [0.1, 0.15) is 0 Å². The lowest BCUT2D eigenvalue weighted by Gasteiger charge is -2.23. The molecule has 0 fully saturated rings. The fourth-order valence-electron chi connectivity index (χ4n) is 3.00. The van der Waals surface area contributed by atoms with E-state index in [2.05, 4.69) is 65.8 Å². The fraction of sp³-hybridized carbons (Fsp3) is 0.524. The maximum Gasteiger partial charge on any atom is 0.191 e. The SMILES string of the molecule is CCOC(CCNC(=NC)NC(C)c1cccc(-n2cccn2)c1)C(C)C.I. The third-order valence-electron chi connectivity index (χ3n) is 4.56. The highest BCUT2D eigenvalue weighted by atomic mass is 127. The van der Waals surface area contributed by atoms with Crippen molar-refractivity contribution in [2.75, 3.05) is 20.2 Å². The summed E-state index contributed by atoms with van der Waals surface area (Å²) < 4.78 is 7.67. The zero-order chi connectivity index (χ0) is 19.6. The fourth-order valence-corrected chi connectivity index (χ4v) is 3.00. The van der Waals surface area contributed by atoms with E-state index < -0.39 is 0 Å². The number of aliphatic imine (C=N–C) groups is 1. The number of guanidine groups is 1. The summed E-state index contributed by atoms with van der Waals surface area (Å²) in [6.07, 6.45) is 4.95. The molecule has 0 amide bonds. The Labute approximate surface area is 186 Å². The number of rotatable bonds is 9. The maximum atomic E-state index is 5.81. The summed E-state index contributed by atoms with van der Waals surface area (Å²) in [6, 6.07) is 10.4. The van der Waals surface area contributed by atoms with Crippen LogP contribution in [0.4, 0.5) is 0 Å². The van der Waals surface area contributed by atoms with Gasteiger partial charge in [-0.15, -0.1) is 24.0 Å². The Balaban J connectivity index is 0.00000392. The Kier molecular flexibility index (Phi) is 11.1. The minimum atomic E-state index is 0. The van der Waals surface area contributed by atoms with Crippen molar-refractivity contribution in [2.45, 2.75) is 46.3 Å². The Morgan fingerprint density at radius 1 is 1.25 bits per heavy atom. The van der Waals surface area contributed by atoms with Crippen LogP contribution in [0.3, 0.4) is 0 Å². The number of nitrogens with one attached hydrogen (secondary N) is 2. The Hall–Kier alpha value is -1.61. The van der Waals surface area contributed by atoms with Gasteiger partial charge >= 0.3 is 0 Å². The number of hydrogen-bond acceptors (Lipinski definition) is 3. The number of aromatic nitrogens is 2. The third kappa shape index (κ3) is 7.43. The zero-order valence-corrected chi connectivity index (χ0v) is 19.9. The van der Waals surface area contributed by atoms with Crippen molar-refractivity contribution >= 4 is 29.9 Å². The predicted molar refractivity (Wildman–Crippen MR) is 127 cm³/mol. The van der Waals surface area contributed by atoms with Crippen molar-refractivity contribution in [1.29, 1.82) is 0 Å². The summed E-state index contributed by atoms with van der Waals surface area (Å²) >= 11 is 0. The van der Waals surface area contributed by atoms with Crippen LogP contribution in [-0.4, -0.2) is 42.0 Å². The molecule has 1 aromatic heterocycles. The van der Waals surface area contributed by atoms with Gasteiger partial charge in [-0.05, 0) is 49.9 Å². The van der Waals surface area contributed by atoms with Gasteiger partial charge < -0.3 is 15.4 Å². The summed E-state index contributed by atoms with van der Waals surface area (Å²) in [7, 11) is 1.80. The van der Waals surface area contributed by atoms with Crippen molar-refractivity contribution < 1.29 is 4.74 Å². The quantitative estimate of drug-likeness (QED) is 0.309. The van der Waals surface area contributed by atoms with Gasteiger partial charge in [-0.3, -0.25) is 4.99 Å². The summed E-state index contributed by atoms with van der Waals surface area (Å²) in [5.41, 5.74) is 2.23. The maximum absolute atomic E-state index is 5.81. The van der Waals surface area contributed by atoms with E-state index in [-0.39, 0.29) is 36.1 Å². The minimum Gasteiger partial charge on any atom is -0.378 e. The molecule has 0 saturated carbocycles. The molecule has 1 aromatic carbocycles. The molecule has 1 heterocycles. The Bertz CT molecular complexity index is 703. The molecule has 2 unspecified atom stereocenters. The molecular weight excluding hydrogens is 465 g/mol. The van der Waals surface area contributed by atoms with E-state index in [4.69, 9.17) is 4.74 Å². The molecule has 0 bridgehead atoms. The average molecular weight is 499 g/mol. The average Bonchev–Trinajstić information content (AvgIpc) is 3.21. The molecule has 28 heavy (non-hydrogen) atoms. The van der Waals surface area contributed by atoms with Crippen LogP contribution in [0.2, 0.25) is 0 Å². The van der Waals surface area contributed by atoms with Crippen LogP contribution >= 0.6 is 24.0 Å². The van der Waals surface area contributed by atoms with Crippen molar-refractivity contribution in [3.05, 3.63) is 48.3 Å². The van der Waals surface area contributed by atoms with Gasteiger partial charge in [-0.2, -0.15) is 5.10 Å². The summed E-state index contributed by atoms with van der Waals surface area (Å²) in [4.78, 5) is 4.35. The van der Waals surface area contributed by atoms with Gasteiger partial charge in [-0.25, -0.2) is 4.68 Å². The number of nitrogens with zero attached hydrogens (tertiary/aromatic N) is 3. The van der Waals surface area contributed by atoms with Gasteiger partial charge in [0.15, 0.2) is 5.96 Å². The lowest BCUT2D eigenvalue weighted by atomic mass is 10.0. The molecule has 2 rings (SSSR count). The highest BCUT2D eigenvalue weighted by Gasteiger charge is 2.14. The minimum absolute atomic E-state index is 0. The first-order valence-electron chi connectivity index (χ1n) is 9.73. The first-order chi connectivity index (χ1) is 13.0. The lowest BCUT2D eigenvalue weighted by molar-refractivity contribution is 0.0258. The van der Waals surface area contributed by atoms with Crippen molar-refractivity contribution in [3.8, 4) is 5.69 Å². The van der Waals surface area contributed by atoms with E-state index in [1.807, 2.05) is 23.9 Å². The molecule has 0 radical (unpaired) electrons. The highest BCUT2D eigenvalue weighted by molar-refractivity contribution is 14.0. The Morgan fingerprint density at radius 3 is 2.64 bits per heavy atom. The monoisotopic (exact) mass is 499 g/mol. The zero-order valence-electron chi connectivity index (χ0n) is 17.6. The molecule has 0 aliphatic heterocycles. The number of halogens is 1. The summed E-state index contributed by atoms with van der Waals surface area (Å²) in [6.45, 7) is 10.1. The van der Waals surface area contributed by atoms with Crippen LogP contribution in [0.25, 0.3) is 5.69 Å². The van der Waals surface area contributed by atoms with E-state index in [0.717, 1.165) is 31.2 Å². The van der Waals surface area contributed by atoms with E-state index >= 15 is 0 Å². The van der Waals surface area contributed by atoms with Crippen LogP contribution in [-0.2, 0) is 4.74 Å². The standard InChI is InChI=1S/C21H33N5O.HI/c1-6-27-20(16(2)3)11-13-23-21(22-5)25-17(4)18-9-7-10-19(15-18)26-14-8-12-24-26;/h7-10,12,14-17,20H,6,11,13H2,1-5H3,(H2,22,23,25);1H. The predicted octanol–water partition coefficient (Wildman–Crippen LogP) is 4.17. The lowest BCUT2D eigenvalue weighted by Crippen LogP contribution is -2.40. The van der Waals surface area contributed by atoms with Crippen LogP contribution in [0, 0.1) is 5.92 Å². The van der Waals surface area contributed by atoms with Gasteiger partial charge in [0.25, 0.3) is 0 Å². The van der Waals surface area contributed by atoms with E-state index in [9.17, 15) is 0 Å². The van der Waals surface area contributed by atoms with Crippen molar-refractivity contribution in [1.82, 2.24) is 20.4 Å². The summed E-state index contributed by atoms with van der Waals surface area (Å²) in [5.74, 6) is 1.30. The van der Waals surface area contributed by atoms with Crippen LogP contribution < -0.4 is 10.6 Å². The first-order valence-corrected chi connectivity index (χ1v) is 9.73. The highest BCUT2D eigenvalue weighted by Crippen LogP contribution is 2.16. The molecular formula is C21H34IN5O.